The monoisotopic (exact) mass is 539 g/mol. The van der Waals surface area contributed by atoms with Gasteiger partial charge in [0.15, 0.2) is 0 Å². The summed E-state index contributed by atoms with van der Waals surface area (Å²) < 4.78 is 0. The van der Waals surface area contributed by atoms with Crippen LogP contribution in [-0.2, 0) is 25.6 Å². The highest BCUT2D eigenvalue weighted by molar-refractivity contribution is 7.98. The summed E-state index contributed by atoms with van der Waals surface area (Å²) in [6.07, 6.45) is 3.79. The second kappa shape index (κ2) is 16.8. The van der Waals surface area contributed by atoms with Gasteiger partial charge in [0.05, 0.1) is 6.04 Å². The predicted molar refractivity (Wildman–Crippen MR) is 144 cm³/mol. The van der Waals surface area contributed by atoms with E-state index in [2.05, 4.69) is 16.0 Å². The van der Waals surface area contributed by atoms with Gasteiger partial charge in [0.1, 0.15) is 23.9 Å². The highest BCUT2D eigenvalue weighted by Crippen LogP contribution is 2.13. The van der Waals surface area contributed by atoms with Gasteiger partial charge in [-0.1, -0.05) is 26.0 Å². The predicted octanol–water partition coefficient (Wildman–Crippen LogP) is 0.339. The smallest absolute Gasteiger partial charge is 0.326 e. The molecule has 3 amide bonds. The molecular weight excluding hydrogens is 498 g/mol. The van der Waals surface area contributed by atoms with Crippen molar-refractivity contribution < 1.29 is 29.4 Å². The van der Waals surface area contributed by atoms with Gasteiger partial charge in [0.25, 0.3) is 0 Å². The second-order valence-corrected chi connectivity index (χ2v) is 10.2. The number of carboxylic acid groups (broad SMARTS) is 1. The van der Waals surface area contributed by atoms with Crippen LogP contribution in [0.1, 0.15) is 45.1 Å². The SMILES string of the molecule is CSCCC(N)C(=O)NC(Cc1ccc(O)cc1)C(=O)NC(C(=O)NC(CCCCN)C(=O)O)C(C)C. The number of nitrogens with one attached hydrogen (secondary N) is 3. The zero-order chi connectivity index (χ0) is 28.0. The molecule has 0 aromatic heterocycles. The fraction of sp³-hybridized carbons (Fsp3) is 0.600. The number of benzene rings is 1. The first-order valence-electron chi connectivity index (χ1n) is 12.4. The number of nitrogens with two attached hydrogens (primary N) is 2. The van der Waals surface area contributed by atoms with Crippen LogP contribution in [0.2, 0.25) is 0 Å². The first-order valence-corrected chi connectivity index (χ1v) is 13.8. The summed E-state index contributed by atoms with van der Waals surface area (Å²) in [7, 11) is 0. The Bertz CT molecular complexity index is 883. The summed E-state index contributed by atoms with van der Waals surface area (Å²) >= 11 is 1.55. The molecule has 37 heavy (non-hydrogen) atoms. The number of aromatic hydroxyl groups is 1. The van der Waals surface area contributed by atoms with E-state index in [1.165, 1.54) is 12.1 Å². The molecule has 0 radical (unpaired) electrons. The summed E-state index contributed by atoms with van der Waals surface area (Å²) in [5.74, 6) is -2.53. The Morgan fingerprint density at radius 2 is 1.54 bits per heavy atom. The molecule has 1 rings (SSSR count). The van der Waals surface area contributed by atoms with E-state index >= 15 is 0 Å². The van der Waals surface area contributed by atoms with Crippen LogP contribution in [0, 0.1) is 5.92 Å². The van der Waals surface area contributed by atoms with Gasteiger partial charge in [-0.05, 0) is 67.9 Å². The van der Waals surface area contributed by atoms with Gasteiger partial charge in [-0.3, -0.25) is 14.4 Å². The Morgan fingerprint density at radius 1 is 0.919 bits per heavy atom. The zero-order valence-corrected chi connectivity index (χ0v) is 22.6. The molecule has 12 heteroatoms. The van der Waals surface area contributed by atoms with Crippen LogP contribution in [0.15, 0.2) is 24.3 Å². The molecule has 0 heterocycles. The normalized spacial score (nSPS) is 14.3. The lowest BCUT2D eigenvalue weighted by Crippen LogP contribution is -2.59. The fourth-order valence-corrected chi connectivity index (χ4v) is 4.02. The van der Waals surface area contributed by atoms with Crippen LogP contribution < -0.4 is 27.4 Å². The maximum atomic E-state index is 13.3. The fourth-order valence-electron chi connectivity index (χ4n) is 3.53. The van der Waals surface area contributed by atoms with Crippen molar-refractivity contribution in [3.8, 4) is 5.75 Å². The molecule has 0 aliphatic rings. The molecule has 0 spiro atoms. The number of thioether (sulfide) groups is 1. The summed E-state index contributed by atoms with van der Waals surface area (Å²) in [6, 6.07) is 2.19. The van der Waals surface area contributed by atoms with Crippen molar-refractivity contribution in [3.05, 3.63) is 29.8 Å². The number of hydrogen-bond donors (Lipinski definition) is 7. The lowest BCUT2D eigenvalue weighted by molar-refractivity contribution is -0.142. The van der Waals surface area contributed by atoms with E-state index in [1.807, 2.05) is 6.26 Å². The average molecular weight is 540 g/mol. The Kier molecular flexibility index (Phi) is 14.6. The molecule has 0 aliphatic carbocycles. The zero-order valence-electron chi connectivity index (χ0n) is 21.7. The molecule has 11 nitrogen and oxygen atoms in total. The number of rotatable bonds is 17. The van der Waals surface area contributed by atoms with E-state index in [4.69, 9.17) is 11.5 Å². The van der Waals surface area contributed by atoms with E-state index in [0.717, 1.165) is 0 Å². The lowest BCUT2D eigenvalue weighted by atomic mass is 10.00. The van der Waals surface area contributed by atoms with Crippen LogP contribution >= 0.6 is 11.8 Å². The Hall–Kier alpha value is -2.83. The molecule has 0 aliphatic heterocycles. The van der Waals surface area contributed by atoms with E-state index in [9.17, 15) is 29.4 Å². The van der Waals surface area contributed by atoms with Crippen LogP contribution in [0.4, 0.5) is 0 Å². The van der Waals surface area contributed by atoms with Crippen molar-refractivity contribution in [1.82, 2.24) is 16.0 Å². The number of phenols is 1. The lowest BCUT2D eigenvalue weighted by Gasteiger charge is -2.27. The number of carboxylic acids is 1. The molecule has 1 aromatic rings. The molecule has 208 valence electrons. The van der Waals surface area contributed by atoms with Crippen molar-refractivity contribution >= 4 is 35.5 Å². The number of aliphatic carboxylic acids is 1. The minimum Gasteiger partial charge on any atom is -0.508 e. The number of unbranched alkanes of at least 4 members (excludes halogenated alkanes) is 1. The first-order chi connectivity index (χ1) is 17.5. The molecule has 4 unspecified atom stereocenters. The van der Waals surface area contributed by atoms with Gasteiger partial charge in [-0.15, -0.1) is 0 Å². The van der Waals surface area contributed by atoms with Crippen molar-refractivity contribution in [1.29, 1.82) is 0 Å². The van der Waals surface area contributed by atoms with Crippen LogP contribution in [0.5, 0.6) is 5.75 Å². The number of carbonyl (C=O) groups is 4. The standard InChI is InChI=1S/C25H41N5O6S/c1-15(2)21(24(34)28-19(25(35)36)6-4-5-12-26)30-23(33)20(14-16-7-9-17(31)10-8-16)29-22(32)18(27)11-13-37-3/h7-10,15,18-21,31H,4-6,11-14,26-27H2,1-3H3,(H,28,34)(H,29,32)(H,30,33)(H,35,36). The third-order valence-electron chi connectivity index (χ3n) is 5.79. The largest absolute Gasteiger partial charge is 0.508 e. The molecular formula is C25H41N5O6S. The van der Waals surface area contributed by atoms with Gasteiger partial charge in [0.2, 0.25) is 17.7 Å². The summed E-state index contributed by atoms with van der Waals surface area (Å²) in [5.41, 5.74) is 12.1. The van der Waals surface area contributed by atoms with Crippen molar-refractivity contribution in [3.63, 3.8) is 0 Å². The van der Waals surface area contributed by atoms with E-state index in [1.54, 1.807) is 37.7 Å². The maximum Gasteiger partial charge on any atom is 0.326 e. The molecule has 1 aromatic carbocycles. The van der Waals surface area contributed by atoms with Gasteiger partial charge in [-0.2, -0.15) is 11.8 Å². The van der Waals surface area contributed by atoms with Gasteiger partial charge in [-0.25, -0.2) is 4.79 Å². The van der Waals surface area contributed by atoms with Crippen LogP contribution in [0.3, 0.4) is 0 Å². The average Bonchev–Trinajstić information content (AvgIpc) is 2.85. The quantitative estimate of drug-likeness (QED) is 0.136. The highest BCUT2D eigenvalue weighted by atomic mass is 32.2. The number of hydrogen-bond acceptors (Lipinski definition) is 8. The topological polar surface area (TPSA) is 197 Å². The van der Waals surface area contributed by atoms with E-state index < -0.39 is 47.9 Å². The number of amides is 3. The highest BCUT2D eigenvalue weighted by Gasteiger charge is 2.32. The third kappa shape index (κ3) is 11.8. The van der Waals surface area contributed by atoms with Crippen molar-refractivity contribution in [2.24, 2.45) is 17.4 Å². The van der Waals surface area contributed by atoms with Crippen LogP contribution in [-0.4, -0.2) is 76.6 Å². The van der Waals surface area contributed by atoms with E-state index in [0.29, 0.717) is 37.1 Å². The molecule has 0 bridgehead atoms. The van der Waals surface area contributed by atoms with Crippen LogP contribution in [0.25, 0.3) is 0 Å². The molecule has 0 fully saturated rings. The summed E-state index contributed by atoms with van der Waals surface area (Å²) in [6.45, 7) is 3.86. The van der Waals surface area contributed by atoms with Gasteiger partial charge in [0, 0.05) is 6.42 Å². The third-order valence-corrected chi connectivity index (χ3v) is 6.43. The molecule has 0 saturated carbocycles. The minimum absolute atomic E-state index is 0.0591. The molecule has 0 saturated heterocycles. The second-order valence-electron chi connectivity index (χ2n) is 9.23. The first kappa shape index (κ1) is 32.2. The summed E-state index contributed by atoms with van der Waals surface area (Å²) in [4.78, 5) is 50.6. The number of carbonyl (C=O) groups excluding carboxylic acids is 3. The van der Waals surface area contributed by atoms with E-state index in [-0.39, 0.29) is 24.5 Å². The Balaban J connectivity index is 3.04. The van der Waals surface area contributed by atoms with Gasteiger partial charge >= 0.3 is 5.97 Å². The maximum absolute atomic E-state index is 13.3. The molecule has 9 N–H and O–H groups in total. The minimum atomic E-state index is -1.17. The van der Waals surface area contributed by atoms with Crippen molar-refractivity contribution in [2.45, 2.75) is 70.1 Å². The number of phenolic OH excluding ortho intramolecular Hbond substituents is 1. The Labute approximate surface area is 222 Å². The van der Waals surface area contributed by atoms with Crippen molar-refractivity contribution in [2.75, 3.05) is 18.6 Å². The van der Waals surface area contributed by atoms with Gasteiger partial charge < -0.3 is 37.6 Å². The summed E-state index contributed by atoms with van der Waals surface area (Å²) in [5, 5.41) is 26.9. The molecule has 4 atom stereocenters. The Morgan fingerprint density at radius 3 is 2.08 bits per heavy atom.